The van der Waals surface area contributed by atoms with Gasteiger partial charge in [0.05, 0.1) is 0 Å². The molecule has 0 heterocycles. The average Bonchev–Trinajstić information content (AvgIpc) is 2.64. The van der Waals surface area contributed by atoms with Crippen molar-refractivity contribution in [3.63, 3.8) is 0 Å². The average molecular weight is 499 g/mol. The molecule has 0 aromatic heterocycles. The van der Waals surface area contributed by atoms with Crippen molar-refractivity contribution in [2.45, 2.75) is 136 Å². The molecule has 1 radical (unpaired) electrons. The van der Waals surface area contributed by atoms with Gasteiger partial charge in [-0.1, -0.05) is 0 Å². The summed E-state index contributed by atoms with van der Waals surface area (Å²) in [6.45, 7) is 6.97. The Kier molecular flexibility index (Phi) is 21.9. The Labute approximate surface area is 181 Å². The van der Waals surface area contributed by atoms with Crippen LogP contribution in [-0.4, -0.2) is 40.2 Å². The van der Waals surface area contributed by atoms with Crippen LogP contribution in [-0.2, 0) is 0 Å². The molecule has 0 saturated carbocycles. The summed E-state index contributed by atoms with van der Waals surface area (Å²) in [6, 6.07) is 0. The summed E-state index contributed by atoms with van der Waals surface area (Å²) in [7, 11) is 0. The molecule has 0 aliphatic rings. The minimum absolute atomic E-state index is 0.945. The number of hydrogen-bond donors (Lipinski definition) is 0. The third-order valence-electron chi connectivity index (χ3n) is 5.96. The Morgan fingerprint density at radius 1 is 0.385 bits per heavy atom. The van der Waals surface area contributed by atoms with Crippen LogP contribution < -0.4 is 0 Å². The Hall–Kier alpha value is 1.22. The normalized spacial score (nSPS) is 12.6. The Balaban J connectivity index is 4.02. The van der Waals surface area contributed by atoms with Gasteiger partial charge < -0.3 is 0 Å². The van der Waals surface area contributed by atoms with E-state index in [9.17, 15) is 0 Å². The summed E-state index contributed by atoms with van der Waals surface area (Å²) in [4.78, 5) is -0.945. The first kappa shape index (κ1) is 27.2. The first-order valence-electron chi connectivity index (χ1n) is 12.4. The van der Waals surface area contributed by atoms with Crippen molar-refractivity contribution in [1.82, 2.24) is 0 Å². The van der Waals surface area contributed by atoms with Gasteiger partial charge in [0.25, 0.3) is 0 Å². The molecule has 0 nitrogen and oxygen atoms in total. The SMILES string of the molecule is CCCCCCCC[PH]([Te])(CCCCCCCC)CCCCCCCC. The molecule has 0 aliphatic carbocycles. The van der Waals surface area contributed by atoms with Gasteiger partial charge in [-0.15, -0.1) is 0 Å². The van der Waals surface area contributed by atoms with Gasteiger partial charge in [0.15, 0.2) is 0 Å². The van der Waals surface area contributed by atoms with Gasteiger partial charge in [0.2, 0.25) is 0 Å². The fraction of sp³-hybridized carbons (Fsp3) is 1.00. The van der Waals surface area contributed by atoms with Crippen molar-refractivity contribution in [3.8, 4) is 0 Å². The third-order valence-corrected chi connectivity index (χ3v) is 15.0. The molecule has 0 spiro atoms. The number of unbranched alkanes of at least 4 members (excludes halogenated alkanes) is 15. The molecular formula is C24H52PTe. The molecule has 0 saturated heterocycles. The van der Waals surface area contributed by atoms with E-state index in [0.29, 0.717) is 0 Å². The first-order chi connectivity index (χ1) is 12.7. The van der Waals surface area contributed by atoms with Gasteiger partial charge in [-0.2, -0.15) is 0 Å². The van der Waals surface area contributed by atoms with Crippen molar-refractivity contribution in [1.29, 1.82) is 0 Å². The maximum atomic E-state index is 2.68. The minimum atomic E-state index is -0.945. The van der Waals surface area contributed by atoms with E-state index in [-0.39, 0.29) is 0 Å². The molecule has 2 heteroatoms. The van der Waals surface area contributed by atoms with Crippen molar-refractivity contribution in [2.75, 3.05) is 18.5 Å². The second-order valence-corrected chi connectivity index (χ2v) is 20.0. The van der Waals surface area contributed by atoms with Crippen LogP contribution in [0.25, 0.3) is 0 Å². The molecule has 0 amide bonds. The van der Waals surface area contributed by atoms with Gasteiger partial charge in [-0.3, -0.25) is 0 Å². The third kappa shape index (κ3) is 18.6. The summed E-state index contributed by atoms with van der Waals surface area (Å²) >= 11 is 2.68. The second kappa shape index (κ2) is 20.9. The summed E-state index contributed by atoms with van der Waals surface area (Å²) in [6.07, 6.45) is 31.4. The molecule has 0 aliphatic heterocycles. The first-order valence-corrected chi connectivity index (χ1v) is 18.4. The zero-order chi connectivity index (χ0) is 19.3. The van der Waals surface area contributed by atoms with Gasteiger partial charge in [0.1, 0.15) is 0 Å². The fourth-order valence-corrected chi connectivity index (χ4v) is 11.2. The van der Waals surface area contributed by atoms with Crippen LogP contribution in [0.5, 0.6) is 0 Å². The van der Waals surface area contributed by atoms with Crippen LogP contribution in [0.3, 0.4) is 0 Å². The van der Waals surface area contributed by atoms with E-state index in [0.717, 1.165) is 0 Å². The molecule has 0 unspecified atom stereocenters. The van der Waals surface area contributed by atoms with Crippen LogP contribution in [0.15, 0.2) is 0 Å². The predicted molar refractivity (Wildman–Crippen MR) is 129 cm³/mol. The van der Waals surface area contributed by atoms with Crippen LogP contribution in [0.4, 0.5) is 0 Å². The van der Waals surface area contributed by atoms with Crippen LogP contribution in [0, 0.1) is 0 Å². The standard InChI is InChI=1S/C24H52PTe/c1-4-7-10-13-16-19-22-25(26,23-20-17-14-11-8-5-2)24-21-18-15-12-9-6-3/h25H,4-24H2,1-3H3. The molecule has 0 rings (SSSR count). The van der Waals surface area contributed by atoms with Gasteiger partial charge in [-0.05, 0) is 0 Å². The summed E-state index contributed by atoms with van der Waals surface area (Å²) in [5.74, 6) is 0. The fourth-order valence-electron chi connectivity index (χ4n) is 4.06. The zero-order valence-corrected chi connectivity index (χ0v) is 22.1. The van der Waals surface area contributed by atoms with E-state index < -0.39 is 4.95 Å². The van der Waals surface area contributed by atoms with Crippen LogP contribution in [0.1, 0.15) is 136 Å². The molecule has 26 heavy (non-hydrogen) atoms. The summed E-state index contributed by atoms with van der Waals surface area (Å²) in [5, 5.41) is 0. The van der Waals surface area contributed by atoms with Crippen LogP contribution >= 0.6 is 4.95 Å². The molecule has 0 atom stereocenters. The monoisotopic (exact) mass is 501 g/mol. The van der Waals surface area contributed by atoms with Crippen molar-refractivity contribution in [3.05, 3.63) is 0 Å². The van der Waals surface area contributed by atoms with E-state index in [4.69, 9.17) is 0 Å². The second-order valence-electron chi connectivity index (χ2n) is 8.74. The van der Waals surface area contributed by atoms with Gasteiger partial charge >= 0.3 is 182 Å². The maximum absolute atomic E-state index is 2.68. The van der Waals surface area contributed by atoms with Gasteiger partial charge in [0, 0.05) is 0 Å². The van der Waals surface area contributed by atoms with Crippen molar-refractivity contribution < 1.29 is 0 Å². The van der Waals surface area contributed by atoms with Crippen molar-refractivity contribution in [2.24, 2.45) is 0 Å². The molecule has 0 fully saturated rings. The Morgan fingerprint density at radius 2 is 0.615 bits per heavy atom. The summed E-state index contributed by atoms with van der Waals surface area (Å²) < 4.78 is 0. The van der Waals surface area contributed by atoms with E-state index >= 15 is 0 Å². The predicted octanol–water partition coefficient (Wildman–Crippen LogP) is 8.90. The van der Waals surface area contributed by atoms with E-state index in [2.05, 4.69) is 42.5 Å². The number of rotatable bonds is 21. The molecule has 0 N–H and O–H groups in total. The quantitative estimate of drug-likeness (QED) is 0.0841. The van der Waals surface area contributed by atoms with Crippen molar-refractivity contribution >= 4 is 26.7 Å². The Bertz CT molecular complexity index is 226. The zero-order valence-electron chi connectivity index (χ0n) is 18.8. The topological polar surface area (TPSA) is 0 Å². The number of hydrogen-bond acceptors (Lipinski definition) is 0. The molecule has 159 valence electrons. The van der Waals surface area contributed by atoms with E-state index in [1.165, 1.54) is 96.3 Å². The molecular weight excluding hydrogens is 447 g/mol. The molecule has 0 aromatic carbocycles. The molecule has 0 aromatic rings. The van der Waals surface area contributed by atoms with E-state index in [1.54, 1.807) is 37.7 Å². The van der Waals surface area contributed by atoms with E-state index in [1.807, 2.05) is 0 Å². The molecule has 0 bridgehead atoms. The summed E-state index contributed by atoms with van der Waals surface area (Å²) in [5.41, 5.74) is 0. The van der Waals surface area contributed by atoms with Gasteiger partial charge in [-0.25, -0.2) is 0 Å². The Morgan fingerprint density at radius 3 is 0.885 bits per heavy atom. The van der Waals surface area contributed by atoms with Crippen LogP contribution in [0.2, 0.25) is 0 Å².